The molecule has 1 amide bonds. The normalized spacial score (nSPS) is 17.8. The van der Waals surface area contributed by atoms with E-state index in [4.69, 9.17) is 14.2 Å². The van der Waals surface area contributed by atoms with E-state index in [1.165, 1.54) is 16.2 Å². The van der Waals surface area contributed by atoms with Crippen molar-refractivity contribution in [2.75, 3.05) is 25.1 Å². The number of nitrogens with one attached hydrogen (secondary N) is 1. The molecule has 6 nitrogen and oxygen atoms in total. The smallest absolute Gasteiger partial charge is 0.341 e. The van der Waals surface area contributed by atoms with E-state index >= 15 is 0 Å². The lowest BCUT2D eigenvalue weighted by molar-refractivity contribution is 0.0527. The Morgan fingerprint density at radius 3 is 2.76 bits per heavy atom. The molecule has 1 N–H and O–H groups in total. The van der Waals surface area contributed by atoms with Crippen molar-refractivity contribution in [1.29, 1.82) is 0 Å². The average Bonchev–Trinajstić information content (AvgIpc) is 3.44. The summed E-state index contributed by atoms with van der Waals surface area (Å²) in [7, 11) is 0. The van der Waals surface area contributed by atoms with Crippen LogP contribution in [-0.4, -0.2) is 37.8 Å². The molecule has 2 aliphatic rings. The van der Waals surface area contributed by atoms with Gasteiger partial charge >= 0.3 is 5.97 Å². The Balaban J connectivity index is 1.43. The zero-order valence-corrected chi connectivity index (χ0v) is 17.3. The summed E-state index contributed by atoms with van der Waals surface area (Å²) in [6.45, 7) is 3.41. The van der Waals surface area contributed by atoms with Crippen LogP contribution in [0.5, 0.6) is 5.75 Å². The van der Waals surface area contributed by atoms with Crippen LogP contribution in [0.15, 0.2) is 24.3 Å². The second kappa shape index (κ2) is 8.97. The van der Waals surface area contributed by atoms with Crippen LogP contribution >= 0.6 is 11.3 Å². The Hall–Kier alpha value is -2.38. The third kappa shape index (κ3) is 4.46. The molecule has 1 aromatic carbocycles. The summed E-state index contributed by atoms with van der Waals surface area (Å²) < 4.78 is 16.5. The molecule has 7 heteroatoms. The van der Waals surface area contributed by atoms with Gasteiger partial charge in [0.1, 0.15) is 17.4 Å². The monoisotopic (exact) mass is 415 g/mol. The number of hydrogen-bond donors (Lipinski definition) is 1. The second-order valence-corrected chi connectivity index (χ2v) is 8.31. The van der Waals surface area contributed by atoms with Gasteiger partial charge in [0.25, 0.3) is 5.91 Å². The maximum absolute atomic E-state index is 12.7. The number of amides is 1. The maximum atomic E-state index is 12.7. The van der Waals surface area contributed by atoms with Gasteiger partial charge in [-0.25, -0.2) is 4.79 Å². The summed E-state index contributed by atoms with van der Waals surface area (Å²) in [6.07, 6.45) is 5.09. The van der Waals surface area contributed by atoms with Gasteiger partial charge in [-0.2, -0.15) is 0 Å². The molecule has 4 rings (SSSR count). The predicted molar refractivity (Wildman–Crippen MR) is 111 cm³/mol. The molecule has 0 bridgehead atoms. The van der Waals surface area contributed by atoms with Crippen molar-refractivity contribution in [3.05, 3.63) is 45.8 Å². The van der Waals surface area contributed by atoms with Crippen molar-refractivity contribution < 1.29 is 23.8 Å². The highest BCUT2D eigenvalue weighted by Crippen LogP contribution is 2.39. The quantitative estimate of drug-likeness (QED) is 0.686. The number of fused-ring (bicyclic) bond motifs is 1. The van der Waals surface area contributed by atoms with Gasteiger partial charge in [-0.15, -0.1) is 11.3 Å². The zero-order valence-electron chi connectivity index (χ0n) is 16.5. The number of anilines is 1. The largest absolute Gasteiger partial charge is 0.491 e. The number of aryl methyl sites for hydroxylation is 1. The summed E-state index contributed by atoms with van der Waals surface area (Å²) in [6, 6.07) is 7.02. The first kappa shape index (κ1) is 19.9. The topological polar surface area (TPSA) is 73.9 Å². The zero-order chi connectivity index (χ0) is 20.2. The van der Waals surface area contributed by atoms with Crippen molar-refractivity contribution in [2.45, 2.75) is 45.1 Å². The SMILES string of the molecule is CCOC(=O)c1c(NC(=O)c2ccc(OCC3CCCO3)cc2)sc2c1CCC2. The molecule has 29 heavy (non-hydrogen) atoms. The van der Waals surface area contributed by atoms with Crippen molar-refractivity contribution >= 4 is 28.2 Å². The minimum atomic E-state index is -0.361. The summed E-state index contributed by atoms with van der Waals surface area (Å²) in [5, 5.41) is 3.49. The number of carbonyl (C=O) groups excluding carboxylic acids is 2. The Labute approximate surface area is 174 Å². The molecule has 2 aromatic rings. The van der Waals surface area contributed by atoms with E-state index in [-0.39, 0.29) is 18.0 Å². The maximum Gasteiger partial charge on any atom is 0.341 e. The van der Waals surface area contributed by atoms with Crippen LogP contribution in [0.3, 0.4) is 0 Å². The van der Waals surface area contributed by atoms with Crippen LogP contribution in [0.2, 0.25) is 0 Å². The molecule has 0 saturated carbocycles. The molecule has 1 saturated heterocycles. The van der Waals surface area contributed by atoms with E-state index in [1.807, 2.05) is 0 Å². The fourth-order valence-corrected chi connectivity index (χ4v) is 5.03. The van der Waals surface area contributed by atoms with E-state index in [0.717, 1.165) is 44.3 Å². The number of rotatable bonds is 7. The third-order valence-electron chi connectivity index (χ3n) is 5.20. The second-order valence-electron chi connectivity index (χ2n) is 7.21. The molecule has 1 fully saturated rings. The lowest BCUT2D eigenvalue weighted by Gasteiger charge is -2.12. The van der Waals surface area contributed by atoms with Crippen molar-refractivity contribution in [1.82, 2.24) is 0 Å². The van der Waals surface area contributed by atoms with Crippen LogP contribution in [0.1, 0.15) is 57.3 Å². The molecule has 1 aromatic heterocycles. The summed E-state index contributed by atoms with van der Waals surface area (Å²) >= 11 is 1.48. The fourth-order valence-electron chi connectivity index (χ4n) is 3.75. The highest BCUT2D eigenvalue weighted by molar-refractivity contribution is 7.17. The Morgan fingerprint density at radius 2 is 2.03 bits per heavy atom. The summed E-state index contributed by atoms with van der Waals surface area (Å²) in [4.78, 5) is 26.3. The lowest BCUT2D eigenvalue weighted by atomic mass is 10.1. The molecule has 1 aliphatic carbocycles. The number of carbonyl (C=O) groups is 2. The minimum absolute atomic E-state index is 0.153. The molecular formula is C22H25NO5S. The number of benzene rings is 1. The van der Waals surface area contributed by atoms with Gasteiger partial charge in [0, 0.05) is 17.0 Å². The van der Waals surface area contributed by atoms with Crippen molar-refractivity contribution in [2.24, 2.45) is 0 Å². The standard InChI is InChI=1S/C22H25NO5S/c1-2-26-22(25)19-17-6-3-7-18(17)29-21(19)23-20(24)14-8-10-15(11-9-14)28-13-16-5-4-12-27-16/h8-11,16H,2-7,12-13H2,1H3,(H,23,24). The molecule has 2 heterocycles. The van der Waals surface area contributed by atoms with Crippen LogP contribution in [0, 0.1) is 0 Å². The molecule has 0 radical (unpaired) electrons. The first-order chi connectivity index (χ1) is 14.2. The van der Waals surface area contributed by atoms with Crippen LogP contribution < -0.4 is 10.1 Å². The fraction of sp³-hybridized carbons (Fsp3) is 0.455. The molecule has 1 unspecified atom stereocenters. The Morgan fingerprint density at radius 1 is 1.21 bits per heavy atom. The van der Waals surface area contributed by atoms with Crippen LogP contribution in [-0.2, 0) is 22.3 Å². The van der Waals surface area contributed by atoms with Crippen LogP contribution in [0.25, 0.3) is 0 Å². The summed E-state index contributed by atoms with van der Waals surface area (Å²) in [5.41, 5.74) is 2.06. The Bertz CT molecular complexity index is 883. The third-order valence-corrected chi connectivity index (χ3v) is 6.41. The minimum Gasteiger partial charge on any atom is -0.491 e. The molecule has 0 spiro atoms. The van der Waals surface area contributed by atoms with E-state index in [1.54, 1.807) is 31.2 Å². The Kier molecular flexibility index (Phi) is 6.16. The predicted octanol–water partition coefficient (Wildman–Crippen LogP) is 4.22. The van der Waals surface area contributed by atoms with Crippen LogP contribution in [0.4, 0.5) is 5.00 Å². The van der Waals surface area contributed by atoms with E-state index in [0.29, 0.717) is 35.1 Å². The van der Waals surface area contributed by atoms with Gasteiger partial charge in [0.05, 0.1) is 18.3 Å². The first-order valence-corrected chi connectivity index (χ1v) is 10.9. The van der Waals surface area contributed by atoms with Gasteiger partial charge in [0.2, 0.25) is 0 Å². The van der Waals surface area contributed by atoms with Gasteiger partial charge in [-0.05, 0) is 68.9 Å². The molecular weight excluding hydrogens is 390 g/mol. The molecule has 1 aliphatic heterocycles. The number of ether oxygens (including phenoxy) is 3. The van der Waals surface area contributed by atoms with Crippen molar-refractivity contribution in [3.63, 3.8) is 0 Å². The van der Waals surface area contributed by atoms with E-state index in [2.05, 4.69) is 5.32 Å². The van der Waals surface area contributed by atoms with Crippen molar-refractivity contribution in [3.8, 4) is 5.75 Å². The molecule has 154 valence electrons. The van der Waals surface area contributed by atoms with Gasteiger partial charge in [0.15, 0.2) is 0 Å². The van der Waals surface area contributed by atoms with Gasteiger partial charge in [-0.1, -0.05) is 0 Å². The van der Waals surface area contributed by atoms with E-state index in [9.17, 15) is 9.59 Å². The average molecular weight is 416 g/mol. The van der Waals surface area contributed by atoms with Gasteiger partial charge < -0.3 is 19.5 Å². The highest BCUT2D eigenvalue weighted by atomic mass is 32.1. The number of thiophene rings is 1. The molecule has 1 atom stereocenters. The van der Waals surface area contributed by atoms with Gasteiger partial charge in [-0.3, -0.25) is 4.79 Å². The van der Waals surface area contributed by atoms with E-state index < -0.39 is 0 Å². The lowest BCUT2D eigenvalue weighted by Crippen LogP contribution is -2.17. The highest BCUT2D eigenvalue weighted by Gasteiger charge is 2.28. The first-order valence-electron chi connectivity index (χ1n) is 10.1. The number of esters is 1. The number of hydrogen-bond acceptors (Lipinski definition) is 6. The summed E-state index contributed by atoms with van der Waals surface area (Å²) in [5.74, 6) is 0.0978.